The van der Waals surface area contributed by atoms with E-state index < -0.39 is 6.23 Å². The molecule has 3 nitrogen and oxygen atoms in total. The van der Waals surface area contributed by atoms with Crippen molar-refractivity contribution in [3.63, 3.8) is 0 Å². The minimum Gasteiger partial charge on any atom is -0.371 e. The molecule has 1 aromatic carbocycles. The second-order valence-corrected chi connectivity index (χ2v) is 3.26. The van der Waals surface area contributed by atoms with Gasteiger partial charge in [0.05, 0.1) is 6.54 Å². The van der Waals surface area contributed by atoms with E-state index in [4.69, 9.17) is 12.2 Å². The molecule has 1 fully saturated rings. The smallest absolute Gasteiger partial charge is 0.175 e. The summed E-state index contributed by atoms with van der Waals surface area (Å²) in [6, 6.07) is 9.61. The van der Waals surface area contributed by atoms with Crippen LogP contribution >= 0.6 is 12.2 Å². The Morgan fingerprint density at radius 1 is 1.38 bits per heavy atom. The third kappa shape index (κ3) is 1.50. The van der Waals surface area contributed by atoms with Gasteiger partial charge in [-0.3, -0.25) is 4.90 Å². The first-order valence-electron chi connectivity index (χ1n) is 4.09. The molecule has 0 radical (unpaired) electrons. The van der Waals surface area contributed by atoms with Crippen molar-refractivity contribution in [2.24, 2.45) is 0 Å². The lowest BCUT2D eigenvalue weighted by molar-refractivity contribution is 0.201. The quantitative estimate of drug-likeness (QED) is 0.645. The monoisotopic (exact) mass is 194 g/mol. The molecule has 2 N–H and O–H groups in total. The number of anilines is 1. The minimum absolute atomic E-state index is 0.494. The van der Waals surface area contributed by atoms with E-state index in [1.54, 1.807) is 4.90 Å². The van der Waals surface area contributed by atoms with E-state index in [0.717, 1.165) is 5.69 Å². The van der Waals surface area contributed by atoms with Gasteiger partial charge in [-0.25, -0.2) is 0 Å². The Balaban J connectivity index is 2.30. The normalized spacial score (nSPS) is 21.8. The van der Waals surface area contributed by atoms with Crippen LogP contribution < -0.4 is 10.2 Å². The summed E-state index contributed by atoms with van der Waals surface area (Å²) in [5.41, 5.74) is 0.921. The molecule has 1 saturated heterocycles. The number of β-amino-alcohol motifs (C(OH)–C–C–N with tert-alkyl or cyclic N) is 1. The summed E-state index contributed by atoms with van der Waals surface area (Å²) < 4.78 is 0. The van der Waals surface area contributed by atoms with E-state index in [0.29, 0.717) is 11.7 Å². The van der Waals surface area contributed by atoms with Gasteiger partial charge in [0.15, 0.2) is 11.3 Å². The molecule has 0 aromatic heterocycles. The molecule has 4 heteroatoms. The average molecular weight is 194 g/mol. The summed E-state index contributed by atoms with van der Waals surface area (Å²) >= 11 is 5.05. The van der Waals surface area contributed by atoms with E-state index in [1.165, 1.54) is 0 Å². The van der Waals surface area contributed by atoms with Gasteiger partial charge < -0.3 is 10.4 Å². The number of hydrogen-bond donors (Lipinski definition) is 2. The predicted molar refractivity (Wildman–Crippen MR) is 55.5 cm³/mol. The first-order valence-corrected chi connectivity index (χ1v) is 4.50. The Bertz CT molecular complexity index is 315. The van der Waals surface area contributed by atoms with Gasteiger partial charge in [-0.1, -0.05) is 18.2 Å². The lowest BCUT2D eigenvalue weighted by Gasteiger charge is -2.20. The highest BCUT2D eigenvalue weighted by Crippen LogP contribution is 2.18. The van der Waals surface area contributed by atoms with Gasteiger partial charge in [0, 0.05) is 5.69 Å². The molecule has 0 saturated carbocycles. The van der Waals surface area contributed by atoms with E-state index in [-0.39, 0.29) is 0 Å². The van der Waals surface area contributed by atoms with Gasteiger partial charge in [-0.2, -0.15) is 0 Å². The highest BCUT2D eigenvalue weighted by atomic mass is 32.1. The van der Waals surface area contributed by atoms with Crippen molar-refractivity contribution in [2.45, 2.75) is 6.23 Å². The van der Waals surface area contributed by atoms with Crippen molar-refractivity contribution in [2.75, 3.05) is 11.4 Å². The van der Waals surface area contributed by atoms with Crippen LogP contribution in [0.25, 0.3) is 0 Å². The number of benzene rings is 1. The van der Waals surface area contributed by atoms with Crippen molar-refractivity contribution in [3.8, 4) is 0 Å². The first kappa shape index (κ1) is 8.47. The van der Waals surface area contributed by atoms with Crippen LogP contribution in [-0.4, -0.2) is 23.0 Å². The molecule has 1 aliphatic rings. The Morgan fingerprint density at radius 2 is 2.08 bits per heavy atom. The number of hydrogen-bond acceptors (Lipinski definition) is 2. The average Bonchev–Trinajstić information content (AvgIpc) is 2.48. The molecule has 0 aliphatic carbocycles. The summed E-state index contributed by atoms with van der Waals surface area (Å²) in [5.74, 6) is 0. The predicted octanol–water partition coefficient (Wildman–Crippen LogP) is 0.700. The molecule has 1 heterocycles. The molecule has 1 aromatic rings. The van der Waals surface area contributed by atoms with Crippen LogP contribution in [0.3, 0.4) is 0 Å². The first-order chi connectivity index (χ1) is 6.29. The highest BCUT2D eigenvalue weighted by Gasteiger charge is 2.26. The van der Waals surface area contributed by atoms with Crippen LogP contribution in [0.15, 0.2) is 30.3 Å². The molecule has 0 amide bonds. The van der Waals surface area contributed by atoms with E-state index >= 15 is 0 Å². The third-order valence-corrected chi connectivity index (χ3v) is 2.33. The van der Waals surface area contributed by atoms with Crippen LogP contribution in [0.2, 0.25) is 0 Å². The van der Waals surface area contributed by atoms with Gasteiger partial charge in [0.25, 0.3) is 0 Å². The molecule has 0 bridgehead atoms. The van der Waals surface area contributed by atoms with Crippen LogP contribution in [0.4, 0.5) is 5.69 Å². The standard InChI is InChI=1S/C9H10N2OS/c12-8-6-10-9(13)11(8)7-4-2-1-3-5-7/h1-5,8,12H,6H2,(H,10,13). The number of aliphatic hydroxyl groups is 1. The maximum atomic E-state index is 9.59. The Kier molecular flexibility index (Phi) is 2.16. The van der Waals surface area contributed by atoms with Gasteiger partial charge in [0.2, 0.25) is 0 Å². The van der Waals surface area contributed by atoms with Crippen molar-refractivity contribution < 1.29 is 5.11 Å². The summed E-state index contributed by atoms with van der Waals surface area (Å²) in [6.07, 6.45) is -0.546. The molecule has 1 aliphatic heterocycles. The number of nitrogens with zero attached hydrogens (tertiary/aromatic N) is 1. The van der Waals surface area contributed by atoms with Crippen molar-refractivity contribution in [1.29, 1.82) is 0 Å². The van der Waals surface area contributed by atoms with Crippen molar-refractivity contribution in [1.82, 2.24) is 5.32 Å². The topological polar surface area (TPSA) is 35.5 Å². The fraction of sp³-hybridized carbons (Fsp3) is 0.222. The van der Waals surface area contributed by atoms with E-state index in [1.807, 2.05) is 30.3 Å². The summed E-state index contributed by atoms with van der Waals surface area (Å²) in [4.78, 5) is 1.70. The lowest BCUT2D eigenvalue weighted by Crippen LogP contribution is -2.33. The minimum atomic E-state index is -0.546. The van der Waals surface area contributed by atoms with Gasteiger partial charge in [0.1, 0.15) is 0 Å². The second kappa shape index (κ2) is 3.32. The summed E-state index contributed by atoms with van der Waals surface area (Å²) in [5, 5.41) is 13.1. The molecule has 1 atom stereocenters. The molecule has 0 spiro atoms. The number of nitrogens with one attached hydrogen (secondary N) is 1. The van der Waals surface area contributed by atoms with Crippen molar-refractivity contribution in [3.05, 3.63) is 30.3 Å². The Morgan fingerprint density at radius 3 is 2.62 bits per heavy atom. The molecule has 2 rings (SSSR count). The maximum absolute atomic E-state index is 9.59. The molecule has 1 unspecified atom stereocenters. The zero-order valence-corrected chi connectivity index (χ0v) is 7.79. The molecular weight excluding hydrogens is 184 g/mol. The van der Waals surface area contributed by atoms with E-state index in [2.05, 4.69) is 5.32 Å². The molecule has 13 heavy (non-hydrogen) atoms. The van der Waals surface area contributed by atoms with Crippen LogP contribution in [0.1, 0.15) is 0 Å². The highest BCUT2D eigenvalue weighted by molar-refractivity contribution is 7.80. The van der Waals surface area contributed by atoms with Gasteiger partial charge in [-0.05, 0) is 24.4 Å². The van der Waals surface area contributed by atoms with Crippen LogP contribution in [0.5, 0.6) is 0 Å². The Labute approximate surface area is 82.0 Å². The number of aliphatic hydroxyl groups excluding tert-OH is 1. The molecular formula is C9H10N2OS. The lowest BCUT2D eigenvalue weighted by atomic mass is 10.3. The fourth-order valence-electron chi connectivity index (χ4n) is 1.37. The van der Waals surface area contributed by atoms with Crippen molar-refractivity contribution >= 4 is 23.0 Å². The fourth-order valence-corrected chi connectivity index (χ4v) is 1.68. The maximum Gasteiger partial charge on any atom is 0.175 e. The Hall–Kier alpha value is -1.13. The second-order valence-electron chi connectivity index (χ2n) is 2.87. The zero-order chi connectivity index (χ0) is 9.26. The number of thiocarbonyl (C=S) groups is 1. The SMILES string of the molecule is OC1CNC(=S)N1c1ccccc1. The number of rotatable bonds is 1. The van der Waals surface area contributed by atoms with Gasteiger partial charge >= 0.3 is 0 Å². The number of para-hydroxylation sites is 1. The summed E-state index contributed by atoms with van der Waals surface area (Å²) in [6.45, 7) is 0.494. The van der Waals surface area contributed by atoms with E-state index in [9.17, 15) is 5.11 Å². The van der Waals surface area contributed by atoms with Crippen LogP contribution in [0, 0.1) is 0 Å². The largest absolute Gasteiger partial charge is 0.371 e. The molecule has 68 valence electrons. The third-order valence-electron chi connectivity index (χ3n) is 1.99. The van der Waals surface area contributed by atoms with Gasteiger partial charge in [-0.15, -0.1) is 0 Å². The van der Waals surface area contributed by atoms with Crippen LogP contribution in [-0.2, 0) is 0 Å². The zero-order valence-electron chi connectivity index (χ0n) is 6.97. The summed E-state index contributed by atoms with van der Waals surface area (Å²) in [7, 11) is 0.